The Hall–Kier alpha value is -1.68. The van der Waals surface area contributed by atoms with Gasteiger partial charge >= 0.3 is 0 Å². The van der Waals surface area contributed by atoms with Gasteiger partial charge in [-0.2, -0.15) is 0 Å². The Morgan fingerprint density at radius 3 is 2.58 bits per heavy atom. The number of amides is 1. The average Bonchev–Trinajstić information content (AvgIpc) is 2.92. The van der Waals surface area contributed by atoms with Gasteiger partial charge in [0.1, 0.15) is 0 Å². The molecule has 1 fully saturated rings. The van der Waals surface area contributed by atoms with Crippen molar-refractivity contribution in [2.45, 2.75) is 26.3 Å². The van der Waals surface area contributed by atoms with E-state index in [9.17, 15) is 9.59 Å². The van der Waals surface area contributed by atoms with E-state index < -0.39 is 0 Å². The van der Waals surface area contributed by atoms with Crippen LogP contribution in [0.4, 0.5) is 0 Å². The predicted octanol–water partition coefficient (Wildman–Crippen LogP) is 2.04. The van der Waals surface area contributed by atoms with Gasteiger partial charge in [0.15, 0.2) is 5.78 Å². The van der Waals surface area contributed by atoms with Crippen molar-refractivity contribution < 1.29 is 14.3 Å². The number of carbonyl (C=O) groups is 2. The zero-order valence-corrected chi connectivity index (χ0v) is 11.3. The molecular weight excluding hydrogens is 242 g/mol. The number of rotatable bonds is 4. The van der Waals surface area contributed by atoms with E-state index in [-0.39, 0.29) is 17.7 Å². The zero-order valence-electron chi connectivity index (χ0n) is 11.3. The Morgan fingerprint density at radius 2 is 2.00 bits per heavy atom. The molecule has 1 amide bonds. The number of hydrogen-bond donors (Lipinski definition) is 1. The molecule has 19 heavy (non-hydrogen) atoms. The van der Waals surface area contributed by atoms with Gasteiger partial charge in [-0.15, -0.1) is 0 Å². The number of benzene rings is 1. The summed E-state index contributed by atoms with van der Waals surface area (Å²) in [4.78, 5) is 23.7. The maximum Gasteiger partial charge on any atom is 0.252 e. The summed E-state index contributed by atoms with van der Waals surface area (Å²) in [6.45, 7) is 4.90. The summed E-state index contributed by atoms with van der Waals surface area (Å²) >= 11 is 0. The molecule has 0 radical (unpaired) electrons. The minimum absolute atomic E-state index is 0.0509. The Balaban J connectivity index is 2.09. The molecule has 1 aliphatic rings. The molecule has 4 nitrogen and oxygen atoms in total. The lowest BCUT2D eigenvalue weighted by Crippen LogP contribution is -2.38. The van der Waals surface area contributed by atoms with Crippen molar-refractivity contribution in [1.29, 1.82) is 0 Å². The van der Waals surface area contributed by atoms with Crippen LogP contribution in [0.3, 0.4) is 0 Å². The third-order valence-electron chi connectivity index (χ3n) is 3.58. The molecule has 1 N–H and O–H groups in total. The van der Waals surface area contributed by atoms with E-state index in [2.05, 4.69) is 5.32 Å². The summed E-state index contributed by atoms with van der Waals surface area (Å²) in [6.07, 6.45) is 0.968. The van der Waals surface area contributed by atoms with Crippen LogP contribution >= 0.6 is 0 Å². The molecule has 1 heterocycles. The van der Waals surface area contributed by atoms with Crippen molar-refractivity contribution in [1.82, 2.24) is 5.32 Å². The van der Waals surface area contributed by atoms with Gasteiger partial charge in [-0.05, 0) is 26.3 Å². The van der Waals surface area contributed by atoms with Crippen molar-refractivity contribution in [3.8, 4) is 0 Å². The highest BCUT2D eigenvalue weighted by atomic mass is 16.5. The van der Waals surface area contributed by atoms with E-state index in [0.29, 0.717) is 23.7 Å². The molecule has 102 valence electrons. The summed E-state index contributed by atoms with van der Waals surface area (Å²) in [6, 6.07) is 6.95. The fourth-order valence-corrected chi connectivity index (χ4v) is 2.34. The fourth-order valence-electron chi connectivity index (χ4n) is 2.34. The quantitative estimate of drug-likeness (QED) is 0.844. The van der Waals surface area contributed by atoms with Gasteiger partial charge in [-0.3, -0.25) is 9.59 Å². The van der Waals surface area contributed by atoms with Crippen LogP contribution in [0.1, 0.15) is 41.0 Å². The van der Waals surface area contributed by atoms with Crippen molar-refractivity contribution in [2.75, 3.05) is 13.2 Å². The van der Waals surface area contributed by atoms with Crippen LogP contribution in [0.5, 0.6) is 0 Å². The van der Waals surface area contributed by atoms with Gasteiger partial charge in [0.25, 0.3) is 5.91 Å². The largest absolute Gasteiger partial charge is 0.381 e. The standard InChI is InChI=1S/C15H19NO3/c1-10(12-7-8-19-9-12)16-15(18)14-6-4-3-5-13(14)11(2)17/h3-6,10,12H,7-9H2,1-2H3,(H,16,18)/t10-,12-/m1/s1. The van der Waals surface area contributed by atoms with Gasteiger partial charge in [0, 0.05) is 24.1 Å². The maximum absolute atomic E-state index is 12.2. The van der Waals surface area contributed by atoms with Gasteiger partial charge in [-0.25, -0.2) is 0 Å². The number of carbonyl (C=O) groups excluding carboxylic acids is 2. The zero-order chi connectivity index (χ0) is 13.8. The van der Waals surface area contributed by atoms with Crippen LogP contribution in [0.2, 0.25) is 0 Å². The van der Waals surface area contributed by atoms with Crippen LogP contribution in [0.25, 0.3) is 0 Å². The predicted molar refractivity (Wildman–Crippen MR) is 72.3 cm³/mol. The first-order valence-electron chi connectivity index (χ1n) is 6.58. The molecule has 0 unspecified atom stereocenters. The first-order chi connectivity index (χ1) is 9.09. The molecule has 1 aliphatic heterocycles. The Bertz CT molecular complexity index is 478. The lowest BCUT2D eigenvalue weighted by atomic mass is 9.99. The van der Waals surface area contributed by atoms with Crippen molar-refractivity contribution in [2.24, 2.45) is 5.92 Å². The first kappa shape index (κ1) is 13.7. The molecule has 4 heteroatoms. The first-order valence-corrected chi connectivity index (χ1v) is 6.58. The Labute approximate surface area is 113 Å². The SMILES string of the molecule is CC(=O)c1ccccc1C(=O)N[C@H](C)[C@@H]1CCOC1. The molecule has 0 saturated carbocycles. The molecule has 0 aromatic heterocycles. The summed E-state index contributed by atoms with van der Waals surface area (Å²) < 4.78 is 5.32. The topological polar surface area (TPSA) is 55.4 Å². The fraction of sp³-hybridized carbons (Fsp3) is 0.467. The molecular formula is C15H19NO3. The van der Waals surface area contributed by atoms with Gasteiger partial charge in [0.05, 0.1) is 12.2 Å². The monoisotopic (exact) mass is 261 g/mol. The minimum atomic E-state index is -0.190. The van der Waals surface area contributed by atoms with E-state index >= 15 is 0 Å². The van der Waals surface area contributed by atoms with Gasteiger partial charge in [-0.1, -0.05) is 18.2 Å². The second-order valence-corrected chi connectivity index (χ2v) is 4.99. The number of ketones is 1. The van der Waals surface area contributed by atoms with E-state index in [1.54, 1.807) is 24.3 Å². The second-order valence-electron chi connectivity index (χ2n) is 4.99. The van der Waals surface area contributed by atoms with Crippen LogP contribution < -0.4 is 5.32 Å². The van der Waals surface area contributed by atoms with Crippen LogP contribution in [-0.4, -0.2) is 30.9 Å². The van der Waals surface area contributed by atoms with Crippen molar-refractivity contribution in [3.05, 3.63) is 35.4 Å². The molecule has 1 saturated heterocycles. The Kier molecular flexibility index (Phi) is 4.32. The molecule has 1 aromatic carbocycles. The van der Waals surface area contributed by atoms with Gasteiger partial charge in [0.2, 0.25) is 0 Å². The lowest BCUT2D eigenvalue weighted by Gasteiger charge is -2.19. The molecule has 0 spiro atoms. The summed E-state index contributed by atoms with van der Waals surface area (Å²) in [5.41, 5.74) is 0.913. The minimum Gasteiger partial charge on any atom is -0.381 e. The molecule has 0 aliphatic carbocycles. The third-order valence-corrected chi connectivity index (χ3v) is 3.58. The molecule has 2 atom stereocenters. The highest BCUT2D eigenvalue weighted by molar-refractivity contribution is 6.07. The number of hydrogen-bond acceptors (Lipinski definition) is 3. The van der Waals surface area contributed by atoms with Crippen molar-refractivity contribution in [3.63, 3.8) is 0 Å². The van der Waals surface area contributed by atoms with E-state index in [0.717, 1.165) is 13.0 Å². The van der Waals surface area contributed by atoms with E-state index in [4.69, 9.17) is 4.74 Å². The van der Waals surface area contributed by atoms with Crippen LogP contribution in [0, 0.1) is 5.92 Å². The third kappa shape index (κ3) is 3.20. The second kappa shape index (κ2) is 5.97. The smallest absolute Gasteiger partial charge is 0.252 e. The average molecular weight is 261 g/mol. The van der Waals surface area contributed by atoms with Crippen LogP contribution in [0.15, 0.2) is 24.3 Å². The summed E-state index contributed by atoms with van der Waals surface area (Å²) in [5.74, 6) is 0.0706. The van der Waals surface area contributed by atoms with Crippen LogP contribution in [-0.2, 0) is 4.74 Å². The Morgan fingerprint density at radius 1 is 1.32 bits per heavy atom. The van der Waals surface area contributed by atoms with E-state index in [1.807, 2.05) is 6.92 Å². The maximum atomic E-state index is 12.2. The normalized spacial score (nSPS) is 20.0. The highest BCUT2D eigenvalue weighted by Gasteiger charge is 2.24. The molecule has 2 rings (SSSR count). The summed E-state index contributed by atoms with van der Waals surface area (Å²) in [5, 5.41) is 2.96. The molecule has 1 aromatic rings. The van der Waals surface area contributed by atoms with Gasteiger partial charge < -0.3 is 10.1 Å². The number of nitrogens with one attached hydrogen (secondary N) is 1. The number of ether oxygens (including phenoxy) is 1. The van der Waals surface area contributed by atoms with Crippen molar-refractivity contribution >= 4 is 11.7 Å². The van der Waals surface area contributed by atoms with E-state index in [1.165, 1.54) is 6.92 Å². The molecule has 0 bridgehead atoms. The number of Topliss-reactive ketones (excluding diaryl/α,β-unsaturated/α-hetero) is 1. The summed E-state index contributed by atoms with van der Waals surface area (Å²) in [7, 11) is 0. The highest BCUT2D eigenvalue weighted by Crippen LogP contribution is 2.17. The lowest BCUT2D eigenvalue weighted by molar-refractivity contribution is 0.0911.